The summed E-state index contributed by atoms with van der Waals surface area (Å²) in [5.41, 5.74) is 2.42. The number of hydrogen-bond donors (Lipinski definition) is 2. The van der Waals surface area contributed by atoms with Crippen LogP contribution in [0.4, 0.5) is 11.5 Å². The zero-order valence-electron chi connectivity index (χ0n) is 7.22. The molecule has 68 valence electrons. The van der Waals surface area contributed by atoms with E-state index >= 15 is 0 Å². The lowest BCUT2D eigenvalue weighted by atomic mass is 10.2. The minimum atomic E-state index is 0. The highest BCUT2D eigenvalue weighted by atomic mass is 15.1. The second kappa shape index (κ2) is 3.01. The third kappa shape index (κ3) is 1.22. The summed E-state index contributed by atoms with van der Waals surface area (Å²) in [5, 5.41) is 6.55. The van der Waals surface area contributed by atoms with E-state index in [-0.39, 0.29) is 2.85 Å². The van der Waals surface area contributed by atoms with E-state index in [1.165, 1.54) is 5.56 Å². The van der Waals surface area contributed by atoms with Crippen LogP contribution < -0.4 is 10.6 Å². The molecule has 0 saturated heterocycles. The van der Waals surface area contributed by atoms with Crippen LogP contribution in [0.3, 0.4) is 0 Å². The van der Waals surface area contributed by atoms with Crippen molar-refractivity contribution in [3.05, 3.63) is 17.8 Å². The van der Waals surface area contributed by atoms with Crippen LogP contribution in [0.25, 0.3) is 0 Å². The molecule has 3 heteroatoms. The molecule has 1 aliphatic heterocycles. The fraction of sp³-hybridized carbons (Fsp3) is 0.444. The van der Waals surface area contributed by atoms with Crippen molar-refractivity contribution in [3.63, 3.8) is 0 Å². The molecular formula is C9H17N3. The summed E-state index contributed by atoms with van der Waals surface area (Å²) in [7, 11) is 0. The minimum absolute atomic E-state index is 0. The van der Waals surface area contributed by atoms with Crippen LogP contribution >= 0.6 is 0 Å². The van der Waals surface area contributed by atoms with Gasteiger partial charge in [0.15, 0.2) is 0 Å². The predicted molar refractivity (Wildman–Crippen MR) is 54.8 cm³/mol. The predicted octanol–water partition coefficient (Wildman–Crippen LogP) is 1.97. The summed E-state index contributed by atoms with van der Waals surface area (Å²) in [6.07, 6.45) is 2.97. The van der Waals surface area contributed by atoms with Crippen LogP contribution in [0.15, 0.2) is 12.3 Å². The fourth-order valence-corrected chi connectivity index (χ4v) is 1.36. The van der Waals surface area contributed by atoms with Gasteiger partial charge in [0.25, 0.3) is 0 Å². The van der Waals surface area contributed by atoms with E-state index < -0.39 is 0 Å². The summed E-state index contributed by atoms with van der Waals surface area (Å²) in [6, 6.07) is 2.16. The van der Waals surface area contributed by atoms with E-state index in [1.807, 2.05) is 6.20 Å². The van der Waals surface area contributed by atoms with Crippen LogP contribution in [0.5, 0.6) is 0 Å². The van der Waals surface area contributed by atoms with Gasteiger partial charge in [-0.1, -0.05) is 6.92 Å². The number of aryl methyl sites for hydroxylation is 1. The fourth-order valence-electron chi connectivity index (χ4n) is 1.36. The standard InChI is InChI=1S/C9H13N3.2H2/c1-2-7-5-8-9(12-6-7)11-4-3-10-8;;/h5-6,10H,2-4H2,1H3,(H,11,12);2*1H. The Bertz CT molecular complexity index is 291. The molecule has 1 aromatic heterocycles. The molecular weight excluding hydrogens is 150 g/mol. The summed E-state index contributed by atoms with van der Waals surface area (Å²) in [5.74, 6) is 0.985. The first-order valence-corrected chi connectivity index (χ1v) is 4.37. The average molecular weight is 167 g/mol. The van der Waals surface area contributed by atoms with Crippen molar-refractivity contribution >= 4 is 11.5 Å². The number of pyridine rings is 1. The van der Waals surface area contributed by atoms with Crippen LogP contribution in [0.2, 0.25) is 0 Å². The van der Waals surface area contributed by atoms with Gasteiger partial charge in [0.1, 0.15) is 5.82 Å². The first-order chi connectivity index (χ1) is 5.90. The molecule has 2 N–H and O–H groups in total. The van der Waals surface area contributed by atoms with Crippen LogP contribution in [-0.4, -0.2) is 18.1 Å². The first kappa shape index (κ1) is 7.40. The molecule has 1 aromatic rings. The van der Waals surface area contributed by atoms with E-state index in [1.54, 1.807) is 0 Å². The van der Waals surface area contributed by atoms with Crippen molar-refractivity contribution in [2.75, 3.05) is 23.7 Å². The SMILES string of the molecule is CCc1cnc2c(c1)NCCN2.[HH].[HH]. The van der Waals surface area contributed by atoms with Gasteiger partial charge >= 0.3 is 0 Å². The van der Waals surface area contributed by atoms with Crippen molar-refractivity contribution in [2.24, 2.45) is 0 Å². The van der Waals surface area contributed by atoms with Crippen molar-refractivity contribution in [2.45, 2.75) is 13.3 Å². The molecule has 0 aliphatic carbocycles. The van der Waals surface area contributed by atoms with Gasteiger partial charge in [0.05, 0.1) is 5.69 Å². The maximum absolute atomic E-state index is 4.32. The summed E-state index contributed by atoms with van der Waals surface area (Å²) in [6.45, 7) is 4.09. The van der Waals surface area contributed by atoms with Gasteiger partial charge in [0, 0.05) is 22.1 Å². The molecule has 0 spiro atoms. The third-order valence-corrected chi connectivity index (χ3v) is 2.09. The molecule has 0 aromatic carbocycles. The Labute approximate surface area is 75.2 Å². The molecule has 0 amide bonds. The number of anilines is 2. The molecule has 0 fully saturated rings. The molecule has 0 saturated carbocycles. The van der Waals surface area contributed by atoms with Crippen molar-refractivity contribution in [1.82, 2.24) is 4.98 Å². The average Bonchev–Trinajstić information content (AvgIpc) is 2.17. The molecule has 0 unspecified atom stereocenters. The monoisotopic (exact) mass is 167 g/mol. The van der Waals surface area contributed by atoms with Crippen molar-refractivity contribution in [1.29, 1.82) is 0 Å². The molecule has 2 heterocycles. The maximum Gasteiger partial charge on any atom is 0.149 e. The Kier molecular flexibility index (Phi) is 1.86. The van der Waals surface area contributed by atoms with Gasteiger partial charge in [-0.15, -0.1) is 0 Å². The summed E-state index contributed by atoms with van der Waals surface area (Å²) < 4.78 is 0. The van der Waals surface area contributed by atoms with E-state index in [4.69, 9.17) is 0 Å². The lowest BCUT2D eigenvalue weighted by Crippen LogP contribution is -2.21. The number of nitrogens with one attached hydrogen (secondary N) is 2. The van der Waals surface area contributed by atoms with E-state index in [9.17, 15) is 0 Å². The second-order valence-electron chi connectivity index (χ2n) is 2.95. The van der Waals surface area contributed by atoms with E-state index in [0.717, 1.165) is 31.0 Å². The summed E-state index contributed by atoms with van der Waals surface area (Å²) in [4.78, 5) is 4.32. The smallest absolute Gasteiger partial charge is 0.149 e. The van der Waals surface area contributed by atoms with Crippen molar-refractivity contribution < 1.29 is 2.85 Å². The number of nitrogens with zero attached hydrogens (tertiary/aromatic N) is 1. The number of rotatable bonds is 1. The first-order valence-electron chi connectivity index (χ1n) is 4.37. The maximum atomic E-state index is 4.32. The third-order valence-electron chi connectivity index (χ3n) is 2.09. The Balaban J connectivity index is 0.000000845. The van der Waals surface area contributed by atoms with Crippen LogP contribution in [0.1, 0.15) is 15.3 Å². The zero-order valence-corrected chi connectivity index (χ0v) is 7.22. The van der Waals surface area contributed by atoms with Gasteiger partial charge in [0.2, 0.25) is 0 Å². The van der Waals surface area contributed by atoms with E-state index in [2.05, 4.69) is 28.6 Å². The van der Waals surface area contributed by atoms with E-state index in [0.29, 0.717) is 0 Å². The molecule has 1 aliphatic rings. The molecule has 0 radical (unpaired) electrons. The Morgan fingerprint density at radius 1 is 1.50 bits per heavy atom. The van der Waals surface area contributed by atoms with Crippen LogP contribution in [0, 0.1) is 0 Å². The Morgan fingerprint density at radius 3 is 3.17 bits per heavy atom. The molecule has 12 heavy (non-hydrogen) atoms. The molecule has 0 bridgehead atoms. The Hall–Kier alpha value is -1.25. The zero-order chi connectivity index (χ0) is 8.39. The largest absolute Gasteiger partial charge is 0.380 e. The molecule has 2 rings (SSSR count). The van der Waals surface area contributed by atoms with Gasteiger partial charge in [-0.3, -0.25) is 0 Å². The van der Waals surface area contributed by atoms with Gasteiger partial charge in [-0.2, -0.15) is 0 Å². The highest BCUT2D eigenvalue weighted by Crippen LogP contribution is 2.22. The van der Waals surface area contributed by atoms with Crippen LogP contribution in [-0.2, 0) is 6.42 Å². The van der Waals surface area contributed by atoms with Crippen molar-refractivity contribution in [3.8, 4) is 0 Å². The Morgan fingerprint density at radius 2 is 2.33 bits per heavy atom. The van der Waals surface area contributed by atoms with Gasteiger partial charge in [-0.05, 0) is 18.1 Å². The highest BCUT2D eigenvalue weighted by Gasteiger charge is 2.07. The lowest BCUT2D eigenvalue weighted by Gasteiger charge is -2.18. The minimum Gasteiger partial charge on any atom is -0.380 e. The summed E-state index contributed by atoms with van der Waals surface area (Å²) >= 11 is 0. The highest BCUT2D eigenvalue weighted by molar-refractivity contribution is 5.66. The number of fused-ring (bicyclic) bond motifs is 1. The van der Waals surface area contributed by atoms with Gasteiger partial charge in [-0.25, -0.2) is 4.98 Å². The number of aromatic nitrogens is 1. The number of hydrogen-bond acceptors (Lipinski definition) is 3. The lowest BCUT2D eigenvalue weighted by molar-refractivity contribution is 1.00. The second-order valence-corrected chi connectivity index (χ2v) is 2.95. The molecule has 3 nitrogen and oxygen atoms in total. The topological polar surface area (TPSA) is 37.0 Å². The molecule has 0 atom stereocenters. The normalized spacial score (nSPS) is 14.4. The van der Waals surface area contributed by atoms with Gasteiger partial charge < -0.3 is 10.6 Å². The quantitative estimate of drug-likeness (QED) is 0.671.